The summed E-state index contributed by atoms with van der Waals surface area (Å²) in [5.41, 5.74) is 3.99. The quantitative estimate of drug-likeness (QED) is 0.412. The van der Waals surface area contributed by atoms with Gasteiger partial charge in [-0.15, -0.1) is 0 Å². The van der Waals surface area contributed by atoms with Crippen LogP contribution in [0.15, 0.2) is 58.1 Å². The van der Waals surface area contributed by atoms with E-state index in [1.54, 1.807) is 6.07 Å². The molecule has 0 bridgehead atoms. The van der Waals surface area contributed by atoms with E-state index in [1.165, 1.54) is 6.21 Å². The van der Waals surface area contributed by atoms with Crippen LogP contribution in [0.5, 0.6) is 5.75 Å². The molecule has 0 atom stereocenters. The normalized spacial score (nSPS) is 10.5. The standard InChI is InChI=1S/C19H20BrN3O3/c1-2-10-21-18(24)19(25)23-22-12-15-4-3-5-17(11-15)26-13-14-6-8-16(20)9-7-14/h3-9,11-12H,2,10,13H2,1H3,(H,21,24)(H,23,25)/b22-12-. The molecule has 0 fully saturated rings. The Balaban J connectivity index is 1.86. The van der Waals surface area contributed by atoms with Gasteiger partial charge in [0.1, 0.15) is 12.4 Å². The molecule has 2 amide bonds. The second-order valence-electron chi connectivity index (χ2n) is 5.44. The van der Waals surface area contributed by atoms with Gasteiger partial charge < -0.3 is 10.1 Å². The van der Waals surface area contributed by atoms with Crippen LogP contribution in [0, 0.1) is 0 Å². The topological polar surface area (TPSA) is 79.8 Å². The van der Waals surface area contributed by atoms with E-state index in [2.05, 4.69) is 31.8 Å². The van der Waals surface area contributed by atoms with Gasteiger partial charge in [-0.1, -0.05) is 47.1 Å². The molecular weight excluding hydrogens is 398 g/mol. The number of nitrogens with zero attached hydrogens (tertiary/aromatic N) is 1. The molecule has 26 heavy (non-hydrogen) atoms. The molecule has 7 heteroatoms. The van der Waals surface area contributed by atoms with Crippen LogP contribution in [0.4, 0.5) is 0 Å². The van der Waals surface area contributed by atoms with Crippen molar-refractivity contribution in [3.8, 4) is 5.75 Å². The zero-order valence-corrected chi connectivity index (χ0v) is 16.0. The maximum absolute atomic E-state index is 11.5. The van der Waals surface area contributed by atoms with Gasteiger partial charge in [-0.2, -0.15) is 5.10 Å². The molecule has 2 aromatic carbocycles. The molecule has 0 saturated heterocycles. The number of carbonyl (C=O) groups is 2. The number of hydrogen-bond donors (Lipinski definition) is 2. The number of carbonyl (C=O) groups excluding carboxylic acids is 2. The van der Waals surface area contributed by atoms with Gasteiger partial charge in [-0.25, -0.2) is 5.43 Å². The summed E-state index contributed by atoms with van der Waals surface area (Å²) in [4.78, 5) is 22.9. The molecule has 0 aliphatic carbocycles. The predicted molar refractivity (Wildman–Crippen MR) is 104 cm³/mol. The van der Waals surface area contributed by atoms with Gasteiger partial charge in [-0.05, 0) is 41.8 Å². The van der Waals surface area contributed by atoms with Crippen LogP contribution < -0.4 is 15.5 Å². The summed E-state index contributed by atoms with van der Waals surface area (Å²) < 4.78 is 6.77. The lowest BCUT2D eigenvalue weighted by atomic mass is 10.2. The maximum atomic E-state index is 11.5. The number of nitrogens with one attached hydrogen (secondary N) is 2. The van der Waals surface area contributed by atoms with Crippen molar-refractivity contribution in [3.05, 3.63) is 64.1 Å². The van der Waals surface area contributed by atoms with E-state index in [4.69, 9.17) is 4.74 Å². The molecule has 0 radical (unpaired) electrons. The van der Waals surface area contributed by atoms with Crippen molar-refractivity contribution < 1.29 is 14.3 Å². The van der Waals surface area contributed by atoms with Crippen LogP contribution >= 0.6 is 15.9 Å². The van der Waals surface area contributed by atoms with Gasteiger partial charge in [0.2, 0.25) is 0 Å². The third-order valence-corrected chi connectivity index (χ3v) is 3.83. The van der Waals surface area contributed by atoms with Gasteiger partial charge in [-0.3, -0.25) is 9.59 Å². The highest BCUT2D eigenvalue weighted by atomic mass is 79.9. The van der Waals surface area contributed by atoms with E-state index >= 15 is 0 Å². The molecule has 136 valence electrons. The lowest BCUT2D eigenvalue weighted by Gasteiger charge is -2.07. The summed E-state index contributed by atoms with van der Waals surface area (Å²) in [6, 6.07) is 15.2. The number of benzene rings is 2. The first kappa shape index (κ1) is 19.7. The molecule has 2 N–H and O–H groups in total. The first-order chi connectivity index (χ1) is 12.6. The van der Waals surface area contributed by atoms with Gasteiger partial charge in [0.15, 0.2) is 0 Å². The van der Waals surface area contributed by atoms with Crippen LogP contribution in [-0.2, 0) is 16.2 Å². The number of hydrogen-bond acceptors (Lipinski definition) is 4. The van der Waals surface area contributed by atoms with Crippen LogP contribution in [0.25, 0.3) is 0 Å². The van der Waals surface area contributed by atoms with Crippen molar-refractivity contribution in [2.75, 3.05) is 6.54 Å². The Morgan fingerprint density at radius 3 is 2.65 bits per heavy atom. The molecule has 0 saturated carbocycles. The molecule has 0 aliphatic heterocycles. The Bertz CT molecular complexity index is 776. The van der Waals surface area contributed by atoms with Crippen molar-refractivity contribution in [2.24, 2.45) is 5.10 Å². The zero-order chi connectivity index (χ0) is 18.8. The fraction of sp³-hybridized carbons (Fsp3) is 0.211. The van der Waals surface area contributed by atoms with E-state index in [0.717, 1.165) is 22.0 Å². The molecule has 0 unspecified atom stereocenters. The minimum Gasteiger partial charge on any atom is -0.489 e. The lowest BCUT2D eigenvalue weighted by Crippen LogP contribution is -2.38. The Morgan fingerprint density at radius 1 is 1.15 bits per heavy atom. The van der Waals surface area contributed by atoms with Crippen molar-refractivity contribution in [1.29, 1.82) is 0 Å². The Labute approximate surface area is 160 Å². The molecule has 2 rings (SSSR count). The summed E-state index contributed by atoms with van der Waals surface area (Å²) >= 11 is 3.40. The summed E-state index contributed by atoms with van der Waals surface area (Å²) in [6.07, 6.45) is 2.22. The molecule has 0 aromatic heterocycles. The first-order valence-electron chi connectivity index (χ1n) is 8.17. The summed E-state index contributed by atoms with van der Waals surface area (Å²) in [5, 5.41) is 6.27. The van der Waals surface area contributed by atoms with Gasteiger partial charge in [0.25, 0.3) is 0 Å². The molecule has 6 nitrogen and oxygen atoms in total. The van der Waals surface area contributed by atoms with Gasteiger partial charge >= 0.3 is 11.8 Å². The third kappa shape index (κ3) is 6.68. The van der Waals surface area contributed by atoms with E-state index in [9.17, 15) is 9.59 Å². The highest BCUT2D eigenvalue weighted by molar-refractivity contribution is 9.10. The molecular formula is C19H20BrN3O3. The molecule has 0 spiro atoms. The number of amides is 2. The summed E-state index contributed by atoms with van der Waals surface area (Å²) in [5.74, 6) is -0.809. The monoisotopic (exact) mass is 417 g/mol. The number of rotatable bonds is 7. The van der Waals surface area contributed by atoms with Crippen LogP contribution in [0.3, 0.4) is 0 Å². The van der Waals surface area contributed by atoms with Crippen LogP contribution in [0.2, 0.25) is 0 Å². The SMILES string of the molecule is CCCNC(=O)C(=O)N/N=C\c1cccc(OCc2ccc(Br)cc2)c1. The van der Waals surface area contributed by atoms with Crippen molar-refractivity contribution in [3.63, 3.8) is 0 Å². The smallest absolute Gasteiger partial charge is 0.329 e. The predicted octanol–water partition coefficient (Wildman–Crippen LogP) is 3.00. The minimum atomic E-state index is -0.794. The second-order valence-corrected chi connectivity index (χ2v) is 6.36. The molecule has 2 aromatic rings. The average Bonchev–Trinajstić information content (AvgIpc) is 2.66. The fourth-order valence-corrected chi connectivity index (χ4v) is 2.23. The Kier molecular flexibility index (Phi) is 7.82. The van der Waals surface area contributed by atoms with Crippen molar-refractivity contribution >= 4 is 34.0 Å². The summed E-state index contributed by atoms with van der Waals surface area (Å²) in [6.45, 7) is 2.80. The van der Waals surface area contributed by atoms with Gasteiger partial charge in [0, 0.05) is 11.0 Å². The third-order valence-electron chi connectivity index (χ3n) is 3.30. The van der Waals surface area contributed by atoms with E-state index in [0.29, 0.717) is 18.9 Å². The van der Waals surface area contributed by atoms with Crippen LogP contribution in [0.1, 0.15) is 24.5 Å². The van der Waals surface area contributed by atoms with Crippen molar-refractivity contribution in [1.82, 2.24) is 10.7 Å². The average molecular weight is 418 g/mol. The maximum Gasteiger partial charge on any atom is 0.329 e. The number of ether oxygens (including phenoxy) is 1. The fourth-order valence-electron chi connectivity index (χ4n) is 1.97. The first-order valence-corrected chi connectivity index (χ1v) is 8.96. The van der Waals surface area contributed by atoms with Gasteiger partial charge in [0.05, 0.1) is 6.21 Å². The Hall–Kier alpha value is -2.67. The highest BCUT2D eigenvalue weighted by Crippen LogP contribution is 2.16. The molecule has 0 heterocycles. The number of hydrazone groups is 1. The zero-order valence-electron chi connectivity index (χ0n) is 14.4. The minimum absolute atomic E-state index is 0.447. The largest absolute Gasteiger partial charge is 0.489 e. The second kappa shape index (κ2) is 10.4. The van der Waals surface area contributed by atoms with E-state index < -0.39 is 11.8 Å². The van der Waals surface area contributed by atoms with Crippen LogP contribution in [-0.4, -0.2) is 24.6 Å². The van der Waals surface area contributed by atoms with E-state index in [1.807, 2.05) is 49.4 Å². The highest BCUT2D eigenvalue weighted by Gasteiger charge is 2.10. The lowest BCUT2D eigenvalue weighted by molar-refractivity contribution is -0.139. The van der Waals surface area contributed by atoms with E-state index in [-0.39, 0.29) is 0 Å². The number of halogens is 1. The molecule has 0 aliphatic rings. The van der Waals surface area contributed by atoms with Crippen molar-refractivity contribution in [2.45, 2.75) is 20.0 Å². The Morgan fingerprint density at radius 2 is 1.92 bits per heavy atom. The summed E-state index contributed by atoms with van der Waals surface area (Å²) in [7, 11) is 0.